The minimum absolute atomic E-state index is 0.380. The normalized spacial score (nSPS) is 20.4. The Kier molecular flexibility index (Phi) is 7.92. The number of piperidine rings is 2. The Hall–Kier alpha value is -1.65. The smallest absolute Gasteiger partial charge is 0.475 e. The highest BCUT2D eigenvalue weighted by Gasteiger charge is 2.39. The summed E-state index contributed by atoms with van der Waals surface area (Å²) in [6.45, 7) is 6.83. The molecule has 2 aliphatic rings. The second-order valence-corrected chi connectivity index (χ2v) is 10.2. The number of benzene rings is 1. The summed E-state index contributed by atoms with van der Waals surface area (Å²) in [4.78, 5) is 11.4. The predicted molar refractivity (Wildman–Crippen MR) is 107 cm³/mol. The molecule has 0 aliphatic carbocycles. The minimum Gasteiger partial charge on any atom is -0.475 e. The van der Waals surface area contributed by atoms with E-state index in [1.165, 1.54) is 30.2 Å². The van der Waals surface area contributed by atoms with Gasteiger partial charge in [0.2, 0.25) is 10.0 Å². The number of carbonyl (C=O) groups is 1. The fraction of sp³-hybridized carbons (Fsp3) is 0.650. The first-order valence-electron chi connectivity index (χ1n) is 9.84. The quantitative estimate of drug-likeness (QED) is 0.765. The molecule has 0 saturated carbocycles. The van der Waals surface area contributed by atoms with Gasteiger partial charge in [-0.05, 0) is 56.7 Å². The zero-order valence-electron chi connectivity index (χ0n) is 17.3. The number of halogens is 3. The number of aryl methyl sites for hydroxylation is 1. The molecule has 2 saturated heterocycles. The number of carboxylic acids is 1. The lowest BCUT2D eigenvalue weighted by Crippen LogP contribution is -2.47. The summed E-state index contributed by atoms with van der Waals surface area (Å²) in [7, 11) is -3.01. The summed E-state index contributed by atoms with van der Waals surface area (Å²) in [5, 5.41) is 7.12. The predicted octanol–water partition coefficient (Wildman–Crippen LogP) is 3.27. The molecule has 0 amide bonds. The Bertz CT molecular complexity index is 807. The Labute approximate surface area is 175 Å². The van der Waals surface area contributed by atoms with Crippen molar-refractivity contribution in [1.82, 2.24) is 9.21 Å². The number of alkyl halides is 3. The topological polar surface area (TPSA) is 77.9 Å². The van der Waals surface area contributed by atoms with Gasteiger partial charge in [0, 0.05) is 19.6 Å². The Balaban J connectivity index is 0.000000396. The van der Waals surface area contributed by atoms with Crippen LogP contribution >= 0.6 is 0 Å². The number of nitrogens with zero attached hydrogens (tertiary/aromatic N) is 2. The number of hydrogen-bond donors (Lipinski definition) is 1. The molecule has 0 radical (unpaired) electrons. The molecule has 0 bridgehead atoms. The largest absolute Gasteiger partial charge is 0.490 e. The van der Waals surface area contributed by atoms with Gasteiger partial charge >= 0.3 is 12.1 Å². The zero-order chi connectivity index (χ0) is 22.6. The Morgan fingerprint density at radius 1 is 1.03 bits per heavy atom. The van der Waals surface area contributed by atoms with E-state index in [2.05, 4.69) is 36.1 Å². The molecule has 0 aromatic heterocycles. The molecule has 1 aromatic rings. The molecule has 2 aliphatic heterocycles. The van der Waals surface area contributed by atoms with Crippen molar-refractivity contribution in [1.29, 1.82) is 0 Å². The van der Waals surface area contributed by atoms with E-state index in [0.717, 1.165) is 32.5 Å². The van der Waals surface area contributed by atoms with Crippen LogP contribution in [0.25, 0.3) is 0 Å². The lowest BCUT2D eigenvalue weighted by atomic mass is 9.71. The zero-order valence-corrected chi connectivity index (χ0v) is 18.1. The van der Waals surface area contributed by atoms with Crippen LogP contribution in [-0.4, -0.2) is 67.3 Å². The van der Waals surface area contributed by atoms with E-state index in [1.54, 1.807) is 4.31 Å². The average molecular weight is 451 g/mol. The molecule has 2 heterocycles. The summed E-state index contributed by atoms with van der Waals surface area (Å²) in [5.74, 6) is -2.76. The fourth-order valence-corrected chi connectivity index (χ4v) is 4.78. The van der Waals surface area contributed by atoms with E-state index in [0.29, 0.717) is 18.5 Å². The highest BCUT2D eigenvalue weighted by Crippen LogP contribution is 2.41. The molecule has 1 N–H and O–H groups in total. The number of likely N-dealkylation sites (tertiary alicyclic amines) is 1. The minimum atomic E-state index is -5.08. The van der Waals surface area contributed by atoms with Crippen LogP contribution in [0.1, 0.15) is 36.8 Å². The molecule has 170 valence electrons. The summed E-state index contributed by atoms with van der Waals surface area (Å²) < 4.78 is 56.7. The van der Waals surface area contributed by atoms with Crippen molar-refractivity contribution in [2.75, 3.05) is 32.4 Å². The van der Waals surface area contributed by atoms with Gasteiger partial charge < -0.3 is 5.11 Å². The van der Waals surface area contributed by atoms with Crippen molar-refractivity contribution in [3.05, 3.63) is 35.4 Å². The van der Waals surface area contributed by atoms with Gasteiger partial charge in [-0.15, -0.1) is 0 Å². The maximum atomic E-state index is 11.7. The highest BCUT2D eigenvalue weighted by molar-refractivity contribution is 7.88. The van der Waals surface area contributed by atoms with Crippen molar-refractivity contribution >= 4 is 16.0 Å². The maximum Gasteiger partial charge on any atom is 0.490 e. The van der Waals surface area contributed by atoms with Gasteiger partial charge in [0.15, 0.2) is 0 Å². The van der Waals surface area contributed by atoms with E-state index in [9.17, 15) is 21.6 Å². The third-order valence-electron chi connectivity index (χ3n) is 5.94. The summed E-state index contributed by atoms with van der Waals surface area (Å²) in [6.07, 6.45) is 0.707. The van der Waals surface area contributed by atoms with Crippen LogP contribution in [0.4, 0.5) is 13.2 Å². The summed E-state index contributed by atoms with van der Waals surface area (Å²) >= 11 is 0. The van der Waals surface area contributed by atoms with Crippen LogP contribution in [0.3, 0.4) is 0 Å². The molecule has 0 atom stereocenters. The van der Waals surface area contributed by atoms with E-state index in [1.807, 2.05) is 0 Å². The second-order valence-electron chi connectivity index (χ2n) is 8.23. The van der Waals surface area contributed by atoms with Gasteiger partial charge in [0.1, 0.15) is 0 Å². The van der Waals surface area contributed by atoms with Crippen LogP contribution in [-0.2, 0) is 21.4 Å². The summed E-state index contributed by atoms with van der Waals surface area (Å²) in [5.41, 5.74) is 3.08. The highest BCUT2D eigenvalue weighted by atomic mass is 32.2. The first kappa shape index (κ1) is 24.6. The number of carboxylic acid groups (broad SMARTS) is 1. The third kappa shape index (κ3) is 7.24. The monoisotopic (exact) mass is 450 g/mol. The van der Waals surface area contributed by atoms with Crippen molar-refractivity contribution in [3.63, 3.8) is 0 Å². The first-order valence-corrected chi connectivity index (χ1v) is 11.7. The van der Waals surface area contributed by atoms with Gasteiger partial charge in [0.05, 0.1) is 6.26 Å². The standard InChI is InChI=1S/C18H28N2O2S.C2HF3O2/c1-16-3-5-17(6-4-16)15-19-11-7-18(8-12-19)9-13-20(14-10-18)23(2,21)22;3-2(4,5)1(6)7/h3-6H,7-15H2,1-2H3;(H,6,7). The van der Waals surface area contributed by atoms with Crippen LogP contribution in [0, 0.1) is 12.3 Å². The number of aliphatic carboxylic acids is 1. The van der Waals surface area contributed by atoms with Crippen LogP contribution in [0.5, 0.6) is 0 Å². The van der Waals surface area contributed by atoms with Crippen molar-refractivity contribution in [2.45, 2.75) is 45.3 Å². The number of hydrogen-bond acceptors (Lipinski definition) is 4. The van der Waals surface area contributed by atoms with E-state index in [-0.39, 0.29) is 0 Å². The second kappa shape index (κ2) is 9.65. The molecule has 1 aromatic carbocycles. The first-order chi connectivity index (χ1) is 13.8. The molecular formula is C20H29F3N2O4S. The van der Waals surface area contributed by atoms with Gasteiger partial charge in [-0.3, -0.25) is 4.90 Å². The molecule has 2 fully saturated rings. The lowest BCUT2D eigenvalue weighted by molar-refractivity contribution is -0.192. The van der Waals surface area contributed by atoms with Crippen molar-refractivity contribution in [2.24, 2.45) is 5.41 Å². The SMILES string of the molecule is Cc1ccc(CN2CCC3(CC2)CCN(S(C)(=O)=O)CC3)cc1.O=C(O)C(F)(F)F. The van der Waals surface area contributed by atoms with E-state index in [4.69, 9.17) is 9.90 Å². The van der Waals surface area contributed by atoms with Gasteiger partial charge in [-0.2, -0.15) is 13.2 Å². The maximum absolute atomic E-state index is 11.7. The molecular weight excluding hydrogens is 421 g/mol. The lowest BCUT2D eigenvalue weighted by Gasteiger charge is -2.46. The van der Waals surface area contributed by atoms with Crippen LogP contribution in [0.15, 0.2) is 24.3 Å². The van der Waals surface area contributed by atoms with Gasteiger partial charge in [-0.1, -0.05) is 29.8 Å². The average Bonchev–Trinajstić information content (AvgIpc) is 2.65. The van der Waals surface area contributed by atoms with Crippen molar-refractivity contribution in [3.8, 4) is 0 Å². The van der Waals surface area contributed by atoms with Gasteiger partial charge in [-0.25, -0.2) is 17.5 Å². The fourth-order valence-electron chi connectivity index (χ4n) is 3.93. The molecule has 0 unspecified atom stereocenters. The van der Waals surface area contributed by atoms with Crippen LogP contribution in [0.2, 0.25) is 0 Å². The third-order valence-corrected chi connectivity index (χ3v) is 7.24. The van der Waals surface area contributed by atoms with Gasteiger partial charge in [0.25, 0.3) is 0 Å². The molecule has 10 heteroatoms. The molecule has 6 nitrogen and oxygen atoms in total. The molecule has 1 spiro atoms. The Morgan fingerprint density at radius 2 is 1.47 bits per heavy atom. The molecule has 30 heavy (non-hydrogen) atoms. The van der Waals surface area contributed by atoms with Crippen LogP contribution < -0.4 is 0 Å². The van der Waals surface area contributed by atoms with E-state index >= 15 is 0 Å². The Morgan fingerprint density at radius 3 is 1.87 bits per heavy atom. The number of rotatable bonds is 3. The molecule has 3 rings (SSSR count). The van der Waals surface area contributed by atoms with Crippen molar-refractivity contribution < 1.29 is 31.5 Å². The summed E-state index contributed by atoms with van der Waals surface area (Å²) in [6, 6.07) is 8.82. The number of sulfonamides is 1. The van der Waals surface area contributed by atoms with E-state index < -0.39 is 22.2 Å².